The molecule has 1 fully saturated rings. The first-order valence-electron chi connectivity index (χ1n) is 7.54. The summed E-state index contributed by atoms with van der Waals surface area (Å²) < 4.78 is 29.3. The lowest BCUT2D eigenvalue weighted by atomic mass is 10.1. The predicted molar refractivity (Wildman–Crippen MR) is 88.9 cm³/mol. The molecule has 1 atom stereocenters. The highest BCUT2D eigenvalue weighted by Gasteiger charge is 2.36. The van der Waals surface area contributed by atoms with Gasteiger partial charge in [0.15, 0.2) is 5.03 Å². The number of halogens is 1. The summed E-state index contributed by atoms with van der Waals surface area (Å²) in [6.45, 7) is 3.91. The van der Waals surface area contributed by atoms with E-state index in [1.165, 1.54) is 15.2 Å². The van der Waals surface area contributed by atoms with E-state index in [1.54, 1.807) is 12.1 Å². The molecule has 1 N–H and O–H groups in total. The molecule has 124 valence electrons. The third-order valence-corrected chi connectivity index (χ3v) is 6.28. The van der Waals surface area contributed by atoms with E-state index in [0.29, 0.717) is 31.2 Å². The highest BCUT2D eigenvalue weighted by Crippen LogP contribution is 2.32. The van der Waals surface area contributed by atoms with Crippen LogP contribution in [0.3, 0.4) is 0 Å². The molecule has 8 heteroatoms. The average molecular weight is 355 g/mol. The molecule has 0 aliphatic carbocycles. The van der Waals surface area contributed by atoms with Gasteiger partial charge in [-0.05, 0) is 24.6 Å². The maximum absolute atomic E-state index is 13.1. The molecule has 2 heterocycles. The molecule has 3 rings (SSSR count). The van der Waals surface area contributed by atoms with Crippen molar-refractivity contribution in [1.29, 1.82) is 0 Å². The van der Waals surface area contributed by atoms with E-state index in [4.69, 9.17) is 11.6 Å². The van der Waals surface area contributed by atoms with Gasteiger partial charge in [-0.2, -0.15) is 9.40 Å². The van der Waals surface area contributed by atoms with Crippen molar-refractivity contribution in [3.05, 3.63) is 47.1 Å². The zero-order valence-electron chi connectivity index (χ0n) is 12.8. The van der Waals surface area contributed by atoms with Gasteiger partial charge < -0.3 is 5.32 Å². The third kappa shape index (κ3) is 3.01. The number of nitrogens with zero attached hydrogens (tertiary/aromatic N) is 3. The minimum absolute atomic E-state index is 0.221. The number of nitrogens with one attached hydrogen (secondary N) is 1. The standard InChI is InChI=1S/C15H19ClN4O2S/c1-2-19-15(7-8-18-19)23(21,22)20-10-9-17-11-14(20)12-5-3-4-6-13(12)16/h3-8,14,17H,2,9-11H2,1H3. The molecule has 0 radical (unpaired) electrons. The number of aromatic nitrogens is 2. The molecule has 0 bridgehead atoms. The zero-order chi connectivity index (χ0) is 16.4. The van der Waals surface area contributed by atoms with Crippen molar-refractivity contribution in [2.45, 2.75) is 24.5 Å². The van der Waals surface area contributed by atoms with Crippen LogP contribution in [0.25, 0.3) is 0 Å². The van der Waals surface area contributed by atoms with Crippen LogP contribution in [0.4, 0.5) is 0 Å². The molecule has 2 aromatic rings. The van der Waals surface area contributed by atoms with Gasteiger partial charge in [0, 0.05) is 31.2 Å². The van der Waals surface area contributed by atoms with Gasteiger partial charge in [0.1, 0.15) is 0 Å². The quantitative estimate of drug-likeness (QED) is 0.910. The Hall–Kier alpha value is -1.41. The van der Waals surface area contributed by atoms with Crippen molar-refractivity contribution >= 4 is 21.6 Å². The first-order valence-corrected chi connectivity index (χ1v) is 9.36. The summed E-state index contributed by atoms with van der Waals surface area (Å²) in [4.78, 5) is 0. The van der Waals surface area contributed by atoms with Crippen molar-refractivity contribution in [3.63, 3.8) is 0 Å². The summed E-state index contributed by atoms with van der Waals surface area (Å²) >= 11 is 6.29. The maximum atomic E-state index is 13.1. The molecule has 6 nitrogen and oxygen atoms in total. The summed E-state index contributed by atoms with van der Waals surface area (Å²) in [5, 5.41) is 8.13. The molecule has 0 spiro atoms. The van der Waals surface area contributed by atoms with Gasteiger partial charge in [0.05, 0.1) is 12.2 Å². The van der Waals surface area contributed by atoms with Gasteiger partial charge in [-0.3, -0.25) is 4.68 Å². The topological polar surface area (TPSA) is 67.2 Å². The number of aryl methyl sites for hydroxylation is 1. The fraction of sp³-hybridized carbons (Fsp3) is 0.400. The Morgan fingerprint density at radius 1 is 1.35 bits per heavy atom. The number of sulfonamides is 1. The first kappa shape index (κ1) is 16.4. The lowest BCUT2D eigenvalue weighted by Gasteiger charge is -2.35. The zero-order valence-corrected chi connectivity index (χ0v) is 14.4. The van der Waals surface area contributed by atoms with Crippen LogP contribution in [-0.4, -0.2) is 42.1 Å². The largest absolute Gasteiger partial charge is 0.313 e. The molecular weight excluding hydrogens is 336 g/mol. The minimum Gasteiger partial charge on any atom is -0.313 e. The van der Waals surface area contributed by atoms with Gasteiger partial charge in [0.25, 0.3) is 10.0 Å². The fourth-order valence-corrected chi connectivity index (χ4v) is 4.91. The number of hydrogen-bond acceptors (Lipinski definition) is 4. The SMILES string of the molecule is CCn1nccc1S(=O)(=O)N1CCNCC1c1ccccc1Cl. The van der Waals surface area contributed by atoms with Crippen molar-refractivity contribution in [1.82, 2.24) is 19.4 Å². The van der Waals surface area contributed by atoms with Crippen LogP contribution in [0, 0.1) is 0 Å². The minimum atomic E-state index is -3.64. The number of benzene rings is 1. The summed E-state index contributed by atoms with van der Waals surface area (Å²) in [6.07, 6.45) is 1.52. The van der Waals surface area contributed by atoms with Gasteiger partial charge in [0.2, 0.25) is 0 Å². The van der Waals surface area contributed by atoms with Crippen LogP contribution in [0.5, 0.6) is 0 Å². The van der Waals surface area contributed by atoms with E-state index in [2.05, 4.69) is 10.4 Å². The van der Waals surface area contributed by atoms with Crippen LogP contribution in [0.15, 0.2) is 41.6 Å². The van der Waals surface area contributed by atoms with Crippen LogP contribution < -0.4 is 5.32 Å². The Bertz CT molecular complexity index is 790. The van der Waals surface area contributed by atoms with Crippen LogP contribution in [-0.2, 0) is 16.6 Å². The first-order chi connectivity index (χ1) is 11.1. The molecule has 1 unspecified atom stereocenters. The van der Waals surface area contributed by atoms with E-state index in [0.717, 1.165) is 5.56 Å². The maximum Gasteiger partial charge on any atom is 0.260 e. The Balaban J connectivity index is 2.04. The Morgan fingerprint density at radius 3 is 2.87 bits per heavy atom. The van der Waals surface area contributed by atoms with Gasteiger partial charge in [-0.25, -0.2) is 8.42 Å². The van der Waals surface area contributed by atoms with Gasteiger partial charge >= 0.3 is 0 Å². The van der Waals surface area contributed by atoms with Crippen molar-refractivity contribution < 1.29 is 8.42 Å². The van der Waals surface area contributed by atoms with Crippen molar-refractivity contribution in [3.8, 4) is 0 Å². The highest BCUT2D eigenvalue weighted by atomic mass is 35.5. The molecule has 23 heavy (non-hydrogen) atoms. The van der Waals surface area contributed by atoms with Crippen LogP contribution in [0.2, 0.25) is 5.02 Å². The van der Waals surface area contributed by atoms with E-state index in [9.17, 15) is 8.42 Å². The van der Waals surface area contributed by atoms with Gasteiger partial charge in [-0.15, -0.1) is 0 Å². The summed E-state index contributed by atoms with van der Waals surface area (Å²) in [6, 6.07) is 8.59. The molecule has 1 aromatic carbocycles. The predicted octanol–water partition coefficient (Wildman–Crippen LogP) is 1.89. The van der Waals surface area contributed by atoms with Crippen LogP contribution in [0.1, 0.15) is 18.5 Å². The normalized spacial score (nSPS) is 19.8. The molecule has 0 saturated carbocycles. The lowest BCUT2D eigenvalue weighted by molar-refractivity contribution is 0.269. The van der Waals surface area contributed by atoms with E-state index in [-0.39, 0.29) is 11.1 Å². The highest BCUT2D eigenvalue weighted by molar-refractivity contribution is 7.89. The molecule has 1 aliphatic heterocycles. The van der Waals surface area contributed by atoms with Crippen molar-refractivity contribution in [2.75, 3.05) is 19.6 Å². The second-order valence-electron chi connectivity index (χ2n) is 5.34. The fourth-order valence-electron chi connectivity index (χ4n) is 2.88. The third-order valence-electron chi connectivity index (χ3n) is 4.01. The lowest BCUT2D eigenvalue weighted by Crippen LogP contribution is -2.49. The van der Waals surface area contributed by atoms with Crippen LogP contribution >= 0.6 is 11.6 Å². The van der Waals surface area contributed by atoms with Crippen molar-refractivity contribution in [2.24, 2.45) is 0 Å². The van der Waals surface area contributed by atoms with E-state index < -0.39 is 10.0 Å². The van der Waals surface area contributed by atoms with E-state index >= 15 is 0 Å². The molecule has 1 saturated heterocycles. The molecule has 0 amide bonds. The summed E-state index contributed by atoms with van der Waals surface area (Å²) in [5.41, 5.74) is 0.813. The molecule has 1 aromatic heterocycles. The summed E-state index contributed by atoms with van der Waals surface area (Å²) in [7, 11) is -3.64. The summed E-state index contributed by atoms with van der Waals surface area (Å²) in [5.74, 6) is 0. The average Bonchev–Trinajstić information content (AvgIpc) is 3.05. The number of hydrogen-bond donors (Lipinski definition) is 1. The molecule has 1 aliphatic rings. The second-order valence-corrected chi connectivity index (χ2v) is 7.59. The number of piperazine rings is 1. The second kappa shape index (κ2) is 6.60. The smallest absolute Gasteiger partial charge is 0.260 e. The Kier molecular flexibility index (Phi) is 4.72. The van der Waals surface area contributed by atoms with E-state index in [1.807, 2.05) is 25.1 Å². The van der Waals surface area contributed by atoms with Gasteiger partial charge in [-0.1, -0.05) is 29.8 Å². The monoisotopic (exact) mass is 354 g/mol. The Morgan fingerprint density at radius 2 is 2.13 bits per heavy atom. The number of rotatable bonds is 4. The Labute approximate surface area is 141 Å². The molecular formula is C15H19ClN4O2S.